The summed E-state index contributed by atoms with van der Waals surface area (Å²) in [6, 6.07) is 7.37. The minimum atomic E-state index is -1.05. The number of aromatic nitrogens is 3. The number of ether oxygens (including phenoxy) is 1. The van der Waals surface area contributed by atoms with E-state index in [0.29, 0.717) is 24.3 Å². The highest BCUT2D eigenvalue weighted by Crippen LogP contribution is 2.37. The van der Waals surface area contributed by atoms with Gasteiger partial charge in [0.1, 0.15) is 36.0 Å². The fourth-order valence-electron chi connectivity index (χ4n) is 4.62. The molecule has 1 aliphatic heterocycles. The number of nitrogens with zero attached hydrogens (tertiary/aromatic N) is 4. The van der Waals surface area contributed by atoms with Gasteiger partial charge in [-0.2, -0.15) is 5.26 Å². The average molecular weight is 405 g/mol. The smallest absolute Gasteiger partial charge is 0.143 e. The lowest BCUT2D eigenvalue weighted by Crippen LogP contribution is -2.35. The molecule has 0 saturated heterocycles. The van der Waals surface area contributed by atoms with Crippen LogP contribution in [0, 0.1) is 18.3 Å². The van der Waals surface area contributed by atoms with Crippen LogP contribution in [0.4, 0.5) is 0 Å². The van der Waals surface area contributed by atoms with E-state index in [-0.39, 0.29) is 6.04 Å². The Morgan fingerprint density at radius 2 is 2.13 bits per heavy atom. The Labute approximate surface area is 173 Å². The minimum absolute atomic E-state index is 0.370. The van der Waals surface area contributed by atoms with Crippen molar-refractivity contribution in [2.24, 2.45) is 0 Å². The summed E-state index contributed by atoms with van der Waals surface area (Å²) < 4.78 is 8.11. The highest BCUT2D eigenvalue weighted by molar-refractivity contribution is 5.78. The number of rotatable bonds is 3. The van der Waals surface area contributed by atoms with Gasteiger partial charge in [-0.1, -0.05) is 0 Å². The van der Waals surface area contributed by atoms with Crippen LogP contribution in [0.3, 0.4) is 0 Å². The van der Waals surface area contributed by atoms with Gasteiger partial charge in [-0.15, -0.1) is 0 Å². The van der Waals surface area contributed by atoms with Crippen molar-refractivity contribution in [3.8, 4) is 11.8 Å². The fraction of sp³-hybridized carbons (Fsp3) is 0.409. The van der Waals surface area contributed by atoms with Crippen LogP contribution in [0.1, 0.15) is 34.8 Å². The Balaban J connectivity index is 1.46. The van der Waals surface area contributed by atoms with Crippen LogP contribution < -0.4 is 10.1 Å². The number of aryl methyl sites for hydroxylation is 1. The maximum atomic E-state index is 10.8. The predicted molar refractivity (Wildman–Crippen MR) is 109 cm³/mol. The molecule has 8 heteroatoms. The van der Waals surface area contributed by atoms with Crippen molar-refractivity contribution in [2.75, 3.05) is 6.54 Å². The molecule has 0 unspecified atom stereocenters. The molecule has 3 heterocycles. The van der Waals surface area contributed by atoms with Crippen LogP contribution in [0.15, 0.2) is 30.7 Å². The maximum absolute atomic E-state index is 10.8. The number of hydrogen-bond acceptors (Lipinski definition) is 7. The summed E-state index contributed by atoms with van der Waals surface area (Å²) in [7, 11) is 0. The number of hydrogen-bond donors (Lipinski definition) is 3. The molecule has 0 radical (unpaired) electrons. The Morgan fingerprint density at radius 1 is 1.27 bits per heavy atom. The lowest BCUT2D eigenvalue weighted by atomic mass is 9.97. The SMILES string of the molecule is Cc1ncnc2c1ccn2[C@@H]1C[C@H](Oc2cc(C#N)cc3c2CNCC3)[C@@H](O)[C@H]1O. The van der Waals surface area contributed by atoms with Gasteiger partial charge in [-0.3, -0.25) is 0 Å². The van der Waals surface area contributed by atoms with Crippen molar-refractivity contribution in [2.45, 2.75) is 50.7 Å². The molecule has 1 fully saturated rings. The number of nitrogens with one attached hydrogen (secondary N) is 1. The van der Waals surface area contributed by atoms with Crippen LogP contribution in [0.5, 0.6) is 5.75 Å². The first kappa shape index (κ1) is 19.0. The molecule has 2 aliphatic rings. The second kappa shape index (κ2) is 7.36. The molecule has 0 amide bonds. The quantitative estimate of drug-likeness (QED) is 0.603. The standard InChI is InChI=1S/C22H23N5O3/c1-12-15-3-5-27(22(15)26-11-25-12)17-8-19(21(29)20(17)28)30-18-7-13(9-23)6-14-2-4-24-10-16(14)18/h3,5-7,11,17,19-21,24,28-29H,2,4,8,10H2,1H3/t17-,19+,20+,21-/m1/s1. The Kier molecular flexibility index (Phi) is 4.66. The van der Waals surface area contributed by atoms with Crippen LogP contribution in [0.2, 0.25) is 0 Å². The van der Waals surface area contributed by atoms with E-state index < -0.39 is 18.3 Å². The van der Waals surface area contributed by atoms with Crippen LogP contribution in [-0.4, -0.2) is 49.6 Å². The molecule has 2 aromatic heterocycles. The van der Waals surface area contributed by atoms with Crippen LogP contribution in [0.25, 0.3) is 11.0 Å². The zero-order chi connectivity index (χ0) is 20.8. The van der Waals surface area contributed by atoms with Gasteiger partial charge in [-0.05, 0) is 43.7 Å². The first-order valence-electron chi connectivity index (χ1n) is 10.1. The predicted octanol–water partition coefficient (Wildman–Crippen LogP) is 1.37. The van der Waals surface area contributed by atoms with E-state index in [4.69, 9.17) is 4.74 Å². The lowest BCUT2D eigenvalue weighted by Gasteiger charge is -2.24. The second-order valence-corrected chi connectivity index (χ2v) is 8.01. The first-order chi connectivity index (χ1) is 14.6. The van der Waals surface area contributed by atoms with E-state index in [1.165, 1.54) is 6.33 Å². The Morgan fingerprint density at radius 3 is 2.97 bits per heavy atom. The van der Waals surface area contributed by atoms with E-state index in [0.717, 1.165) is 40.8 Å². The molecule has 1 saturated carbocycles. The first-order valence-corrected chi connectivity index (χ1v) is 10.1. The number of aliphatic hydroxyl groups is 2. The molecule has 4 atom stereocenters. The number of aliphatic hydroxyl groups excluding tert-OH is 2. The third kappa shape index (κ3) is 3.03. The van der Waals surface area contributed by atoms with Gasteiger partial charge >= 0.3 is 0 Å². The largest absolute Gasteiger partial charge is 0.487 e. The summed E-state index contributed by atoms with van der Waals surface area (Å²) >= 11 is 0. The molecule has 0 spiro atoms. The summed E-state index contributed by atoms with van der Waals surface area (Å²) in [6.07, 6.45) is 2.00. The lowest BCUT2D eigenvalue weighted by molar-refractivity contribution is -0.0166. The molecular formula is C22H23N5O3. The number of fused-ring (bicyclic) bond motifs is 2. The van der Waals surface area contributed by atoms with Gasteiger partial charge in [0.05, 0.1) is 23.4 Å². The molecule has 3 N–H and O–H groups in total. The molecule has 8 nitrogen and oxygen atoms in total. The van der Waals surface area contributed by atoms with Crippen molar-refractivity contribution >= 4 is 11.0 Å². The van der Waals surface area contributed by atoms with E-state index in [9.17, 15) is 15.5 Å². The van der Waals surface area contributed by atoms with Crippen molar-refractivity contribution < 1.29 is 14.9 Å². The molecule has 30 heavy (non-hydrogen) atoms. The molecule has 154 valence electrons. The summed E-state index contributed by atoms with van der Waals surface area (Å²) in [5, 5.41) is 35.2. The number of benzene rings is 1. The van der Waals surface area contributed by atoms with Gasteiger partial charge in [0.25, 0.3) is 0 Å². The maximum Gasteiger partial charge on any atom is 0.143 e. The molecule has 1 aliphatic carbocycles. The van der Waals surface area contributed by atoms with Crippen molar-refractivity contribution in [3.05, 3.63) is 53.1 Å². The van der Waals surface area contributed by atoms with Crippen LogP contribution >= 0.6 is 0 Å². The summed E-state index contributed by atoms with van der Waals surface area (Å²) in [5.74, 6) is 0.601. The van der Waals surface area contributed by atoms with Crippen LogP contribution in [-0.2, 0) is 13.0 Å². The van der Waals surface area contributed by atoms with Crippen molar-refractivity contribution in [3.63, 3.8) is 0 Å². The topological polar surface area (TPSA) is 116 Å². The summed E-state index contributed by atoms with van der Waals surface area (Å²) in [4.78, 5) is 8.59. The van der Waals surface area contributed by atoms with E-state index in [1.54, 1.807) is 6.07 Å². The fourth-order valence-corrected chi connectivity index (χ4v) is 4.62. The zero-order valence-electron chi connectivity index (χ0n) is 16.6. The normalized spacial score (nSPS) is 25.8. The van der Waals surface area contributed by atoms with Gasteiger partial charge in [0.2, 0.25) is 0 Å². The number of nitriles is 1. The third-order valence-corrected chi connectivity index (χ3v) is 6.25. The Bertz CT molecular complexity index is 1150. The summed E-state index contributed by atoms with van der Waals surface area (Å²) in [6.45, 7) is 3.43. The summed E-state index contributed by atoms with van der Waals surface area (Å²) in [5.41, 5.74) is 4.24. The van der Waals surface area contributed by atoms with Gasteiger partial charge in [0, 0.05) is 30.1 Å². The Hall–Kier alpha value is -2.99. The minimum Gasteiger partial charge on any atom is -0.487 e. The van der Waals surface area contributed by atoms with E-state index >= 15 is 0 Å². The molecule has 1 aromatic carbocycles. The van der Waals surface area contributed by atoms with Crippen molar-refractivity contribution in [1.29, 1.82) is 5.26 Å². The molecular weight excluding hydrogens is 382 g/mol. The highest BCUT2D eigenvalue weighted by atomic mass is 16.5. The molecule has 5 rings (SSSR count). The van der Waals surface area contributed by atoms with Gasteiger partial charge in [-0.25, -0.2) is 9.97 Å². The zero-order valence-corrected chi connectivity index (χ0v) is 16.6. The third-order valence-electron chi connectivity index (χ3n) is 6.25. The van der Waals surface area contributed by atoms with E-state index in [2.05, 4.69) is 21.4 Å². The molecule has 3 aromatic rings. The average Bonchev–Trinajstić information content (AvgIpc) is 3.31. The molecule has 0 bridgehead atoms. The van der Waals surface area contributed by atoms with Crippen molar-refractivity contribution in [1.82, 2.24) is 19.9 Å². The highest BCUT2D eigenvalue weighted by Gasteiger charge is 2.44. The monoisotopic (exact) mass is 405 g/mol. The van der Waals surface area contributed by atoms with E-state index in [1.807, 2.05) is 29.8 Å². The van der Waals surface area contributed by atoms with Gasteiger partial charge < -0.3 is 24.8 Å². The van der Waals surface area contributed by atoms with Gasteiger partial charge in [0.15, 0.2) is 0 Å². The second-order valence-electron chi connectivity index (χ2n) is 8.01.